The van der Waals surface area contributed by atoms with Gasteiger partial charge in [0.25, 0.3) is 0 Å². The second-order valence-corrected chi connectivity index (χ2v) is 9.20. The Hall–Kier alpha value is -2.21. The number of nitrogens with one attached hydrogen (secondary N) is 1. The Morgan fingerprint density at radius 2 is 1.83 bits per heavy atom. The van der Waals surface area contributed by atoms with Gasteiger partial charge in [0.05, 0.1) is 17.8 Å². The molecule has 158 valence electrons. The van der Waals surface area contributed by atoms with Crippen molar-refractivity contribution < 1.29 is 14.6 Å². The molecule has 3 aliphatic rings. The summed E-state index contributed by atoms with van der Waals surface area (Å²) in [6.45, 7) is 3.76. The van der Waals surface area contributed by atoms with Crippen molar-refractivity contribution in [2.75, 3.05) is 19.7 Å². The molecule has 2 aromatic carbocycles. The Morgan fingerprint density at radius 1 is 1.10 bits per heavy atom. The standard InChI is InChI=1S/C25H30N2O3/c28-24(29)20-8-6-18(7-9-20)16-27-12-10-25(11-13-27)15-21(17-30-25)26-23-14-22(23)19-4-2-1-3-5-19/h1-9,21-23,26H,10-17H2,(H,28,29)/t21-,22-,23+/m0/s1. The normalized spacial score (nSPS) is 27.9. The minimum Gasteiger partial charge on any atom is -0.478 e. The van der Waals surface area contributed by atoms with E-state index in [1.165, 1.54) is 17.5 Å². The van der Waals surface area contributed by atoms with Gasteiger partial charge in [0.1, 0.15) is 0 Å². The van der Waals surface area contributed by atoms with Crippen molar-refractivity contribution in [2.24, 2.45) is 0 Å². The number of likely N-dealkylation sites (tertiary alicyclic amines) is 1. The number of carboxylic acid groups (broad SMARTS) is 1. The Kier molecular flexibility index (Phi) is 5.35. The first kappa shape index (κ1) is 19.7. The van der Waals surface area contributed by atoms with E-state index in [2.05, 4.69) is 40.5 Å². The van der Waals surface area contributed by atoms with Crippen LogP contribution in [-0.2, 0) is 11.3 Å². The van der Waals surface area contributed by atoms with Gasteiger partial charge >= 0.3 is 5.97 Å². The van der Waals surface area contributed by atoms with E-state index in [-0.39, 0.29) is 5.60 Å². The van der Waals surface area contributed by atoms with Gasteiger partial charge in [-0.15, -0.1) is 0 Å². The fourth-order valence-electron chi connectivity index (χ4n) is 5.18. The molecule has 5 nitrogen and oxygen atoms in total. The lowest BCUT2D eigenvalue weighted by Gasteiger charge is -2.38. The van der Waals surface area contributed by atoms with Gasteiger partial charge in [-0.25, -0.2) is 4.79 Å². The molecular formula is C25H30N2O3. The third-order valence-corrected chi connectivity index (χ3v) is 7.05. The van der Waals surface area contributed by atoms with E-state index in [1.807, 2.05) is 12.1 Å². The maximum absolute atomic E-state index is 11.0. The molecule has 2 heterocycles. The van der Waals surface area contributed by atoms with Gasteiger partial charge in [-0.1, -0.05) is 42.5 Å². The van der Waals surface area contributed by atoms with Crippen LogP contribution in [0.25, 0.3) is 0 Å². The van der Waals surface area contributed by atoms with E-state index < -0.39 is 5.97 Å². The van der Waals surface area contributed by atoms with Crippen LogP contribution in [0.3, 0.4) is 0 Å². The second kappa shape index (κ2) is 8.14. The van der Waals surface area contributed by atoms with Gasteiger partial charge in [0, 0.05) is 37.6 Å². The van der Waals surface area contributed by atoms with Crippen molar-refractivity contribution in [3.8, 4) is 0 Å². The van der Waals surface area contributed by atoms with Gasteiger partial charge in [-0.05, 0) is 48.9 Å². The number of hydrogen-bond donors (Lipinski definition) is 2. The molecule has 2 N–H and O–H groups in total. The lowest BCUT2D eigenvalue weighted by atomic mass is 9.87. The number of aromatic carboxylic acids is 1. The van der Waals surface area contributed by atoms with Gasteiger partial charge in [-0.2, -0.15) is 0 Å². The predicted octanol–water partition coefficient (Wildman–Crippen LogP) is 3.65. The molecule has 0 amide bonds. The Bertz CT molecular complexity index is 875. The van der Waals surface area contributed by atoms with Crippen LogP contribution in [0.2, 0.25) is 0 Å². The zero-order valence-corrected chi connectivity index (χ0v) is 17.3. The summed E-state index contributed by atoms with van der Waals surface area (Å²) in [4.78, 5) is 13.5. The molecule has 5 rings (SSSR count). The van der Waals surface area contributed by atoms with Crippen molar-refractivity contribution in [3.63, 3.8) is 0 Å². The molecule has 1 saturated carbocycles. The van der Waals surface area contributed by atoms with E-state index in [0.717, 1.165) is 45.5 Å². The number of carboxylic acids is 1. The van der Waals surface area contributed by atoms with Gasteiger partial charge in [0.2, 0.25) is 0 Å². The first-order valence-corrected chi connectivity index (χ1v) is 11.1. The van der Waals surface area contributed by atoms with Gasteiger partial charge in [0.15, 0.2) is 0 Å². The van der Waals surface area contributed by atoms with Crippen molar-refractivity contribution in [2.45, 2.75) is 55.8 Å². The summed E-state index contributed by atoms with van der Waals surface area (Å²) in [5.41, 5.74) is 3.01. The van der Waals surface area contributed by atoms with E-state index in [9.17, 15) is 4.79 Å². The maximum Gasteiger partial charge on any atom is 0.335 e. The summed E-state index contributed by atoms with van der Waals surface area (Å²) < 4.78 is 6.35. The zero-order chi connectivity index (χ0) is 20.6. The van der Waals surface area contributed by atoms with Gasteiger partial charge < -0.3 is 15.2 Å². The fourth-order valence-corrected chi connectivity index (χ4v) is 5.18. The highest BCUT2D eigenvalue weighted by molar-refractivity contribution is 5.87. The zero-order valence-electron chi connectivity index (χ0n) is 17.3. The van der Waals surface area contributed by atoms with Gasteiger partial charge in [-0.3, -0.25) is 4.90 Å². The third kappa shape index (κ3) is 4.29. The highest BCUT2D eigenvalue weighted by atomic mass is 16.5. The molecule has 0 bridgehead atoms. The Morgan fingerprint density at radius 3 is 2.53 bits per heavy atom. The number of carbonyl (C=O) groups is 1. The molecular weight excluding hydrogens is 376 g/mol. The molecule has 3 atom stereocenters. The lowest BCUT2D eigenvalue weighted by molar-refractivity contribution is -0.0449. The number of ether oxygens (including phenoxy) is 1. The summed E-state index contributed by atoms with van der Waals surface area (Å²) in [5.74, 6) is -0.207. The average Bonchev–Trinajstić information content (AvgIpc) is 3.43. The molecule has 2 saturated heterocycles. The molecule has 1 aliphatic carbocycles. The van der Waals surface area contributed by atoms with Crippen LogP contribution < -0.4 is 5.32 Å². The van der Waals surface area contributed by atoms with Crippen LogP contribution in [0.4, 0.5) is 0 Å². The smallest absolute Gasteiger partial charge is 0.335 e. The van der Waals surface area contributed by atoms with E-state index in [0.29, 0.717) is 23.6 Å². The largest absolute Gasteiger partial charge is 0.478 e. The monoisotopic (exact) mass is 406 g/mol. The number of rotatable bonds is 6. The Labute approximate surface area is 178 Å². The predicted molar refractivity (Wildman–Crippen MR) is 116 cm³/mol. The first-order valence-electron chi connectivity index (χ1n) is 11.1. The molecule has 2 aromatic rings. The van der Waals surface area contributed by atoms with E-state index in [1.54, 1.807) is 12.1 Å². The molecule has 3 fully saturated rings. The molecule has 1 spiro atoms. The third-order valence-electron chi connectivity index (χ3n) is 7.05. The average molecular weight is 407 g/mol. The quantitative estimate of drug-likeness (QED) is 0.767. The molecule has 0 aromatic heterocycles. The number of nitrogens with zero attached hydrogens (tertiary/aromatic N) is 1. The number of benzene rings is 2. The van der Waals surface area contributed by atoms with E-state index >= 15 is 0 Å². The fraction of sp³-hybridized carbons (Fsp3) is 0.480. The summed E-state index contributed by atoms with van der Waals surface area (Å²) in [7, 11) is 0. The van der Waals surface area contributed by atoms with E-state index in [4.69, 9.17) is 9.84 Å². The topological polar surface area (TPSA) is 61.8 Å². The number of piperidine rings is 1. The van der Waals surface area contributed by atoms with Crippen LogP contribution in [-0.4, -0.2) is 53.4 Å². The summed E-state index contributed by atoms with van der Waals surface area (Å²) >= 11 is 0. The van der Waals surface area contributed by atoms with Crippen molar-refractivity contribution in [1.82, 2.24) is 10.2 Å². The van der Waals surface area contributed by atoms with Crippen LogP contribution in [0, 0.1) is 0 Å². The lowest BCUT2D eigenvalue weighted by Crippen LogP contribution is -2.44. The van der Waals surface area contributed by atoms with Crippen LogP contribution in [0.15, 0.2) is 54.6 Å². The van der Waals surface area contributed by atoms with Crippen molar-refractivity contribution >= 4 is 5.97 Å². The maximum atomic E-state index is 11.0. The molecule has 0 unspecified atom stereocenters. The molecule has 0 radical (unpaired) electrons. The Balaban J connectivity index is 1.09. The summed E-state index contributed by atoms with van der Waals surface area (Å²) in [6.07, 6.45) is 4.50. The SMILES string of the molecule is O=C(O)c1ccc(CN2CCC3(CC2)C[C@H](N[C@@H]2C[C@H]2c2ccccc2)CO3)cc1. The molecule has 2 aliphatic heterocycles. The molecule has 30 heavy (non-hydrogen) atoms. The van der Waals surface area contributed by atoms with Crippen LogP contribution in [0.5, 0.6) is 0 Å². The summed E-state index contributed by atoms with van der Waals surface area (Å²) in [5, 5.41) is 12.9. The van der Waals surface area contributed by atoms with Crippen LogP contribution >= 0.6 is 0 Å². The molecule has 5 heteroatoms. The number of hydrogen-bond acceptors (Lipinski definition) is 4. The van der Waals surface area contributed by atoms with Crippen molar-refractivity contribution in [1.29, 1.82) is 0 Å². The summed E-state index contributed by atoms with van der Waals surface area (Å²) in [6, 6.07) is 19.1. The van der Waals surface area contributed by atoms with Crippen LogP contribution in [0.1, 0.15) is 53.1 Å². The first-order chi connectivity index (χ1) is 14.6. The second-order valence-electron chi connectivity index (χ2n) is 9.20. The highest BCUT2D eigenvalue weighted by Gasteiger charge is 2.46. The minimum absolute atomic E-state index is 0.0401. The minimum atomic E-state index is -0.871. The highest BCUT2D eigenvalue weighted by Crippen LogP contribution is 2.43. The van der Waals surface area contributed by atoms with Crippen molar-refractivity contribution in [3.05, 3.63) is 71.3 Å².